The molecule has 0 heterocycles. The Morgan fingerprint density at radius 1 is 1.12 bits per heavy atom. The average molecular weight is 619 g/mol. The molecular formula is C27H31F5N4O7. The number of hydrogen-bond donors (Lipinski definition) is 6. The van der Waals surface area contributed by atoms with E-state index in [2.05, 4.69) is 0 Å². The molecule has 0 aromatic heterocycles. The number of rotatable bonds is 7. The first-order valence-corrected chi connectivity index (χ1v) is 13.0. The molecule has 0 saturated heterocycles. The highest BCUT2D eigenvalue weighted by molar-refractivity contribution is 6.24. The van der Waals surface area contributed by atoms with Crippen molar-refractivity contribution >= 4 is 28.9 Å². The van der Waals surface area contributed by atoms with E-state index >= 15 is 0 Å². The first-order valence-electron chi connectivity index (χ1n) is 13.0. The first kappa shape index (κ1) is 32.2. The Labute approximate surface area is 242 Å². The molecule has 0 bridgehead atoms. The van der Waals surface area contributed by atoms with Gasteiger partial charge in [-0.15, -0.1) is 0 Å². The molecular weight excluding hydrogens is 587 g/mol. The number of amides is 1. The fourth-order valence-corrected chi connectivity index (χ4v) is 6.33. The number of phenols is 1. The van der Waals surface area contributed by atoms with Gasteiger partial charge in [-0.25, -0.2) is 0 Å². The fraction of sp³-hybridized carbons (Fsp3) is 0.519. The van der Waals surface area contributed by atoms with Crippen LogP contribution in [-0.2, 0) is 27.3 Å². The molecule has 16 heteroatoms. The molecule has 43 heavy (non-hydrogen) atoms. The van der Waals surface area contributed by atoms with E-state index in [0.717, 1.165) is 0 Å². The largest absolute Gasteiger partial charge is 0.508 e. The number of likely N-dealkylation sites (N-methyl/N-ethyl adjacent to an activating group) is 1. The Bertz CT molecular complexity index is 1470. The zero-order valence-corrected chi connectivity index (χ0v) is 23.5. The van der Waals surface area contributed by atoms with Crippen LogP contribution in [0.5, 0.6) is 5.75 Å². The molecule has 3 aliphatic rings. The van der Waals surface area contributed by atoms with Crippen molar-refractivity contribution in [2.75, 3.05) is 39.6 Å². The second-order valence-corrected chi connectivity index (χ2v) is 11.4. The molecule has 1 saturated carbocycles. The third kappa shape index (κ3) is 4.80. The number of benzene rings is 1. The van der Waals surface area contributed by atoms with Gasteiger partial charge >= 0.3 is 12.1 Å². The van der Waals surface area contributed by atoms with Gasteiger partial charge < -0.3 is 36.4 Å². The number of Topliss-reactive ketones (excluding diaryl/α,β-unsaturated/α-hetero) is 2. The summed E-state index contributed by atoms with van der Waals surface area (Å²) in [6.45, 7) is -2.48. The van der Waals surface area contributed by atoms with Gasteiger partial charge in [0, 0.05) is 43.4 Å². The van der Waals surface area contributed by atoms with Crippen molar-refractivity contribution in [2.24, 2.45) is 17.6 Å². The molecule has 1 fully saturated rings. The van der Waals surface area contributed by atoms with Crippen LogP contribution in [0.3, 0.4) is 0 Å². The number of alkyl halides is 5. The number of halogens is 5. The van der Waals surface area contributed by atoms with Crippen molar-refractivity contribution in [1.29, 1.82) is 0 Å². The molecule has 0 unspecified atom stereocenters. The van der Waals surface area contributed by atoms with E-state index in [1.54, 1.807) is 19.0 Å². The Kier molecular flexibility index (Phi) is 7.82. The molecule has 4 atom stereocenters. The van der Waals surface area contributed by atoms with Crippen LogP contribution in [0.1, 0.15) is 23.1 Å². The van der Waals surface area contributed by atoms with E-state index in [1.807, 2.05) is 5.32 Å². The number of hydrogen-bond acceptors (Lipinski definition) is 10. The minimum Gasteiger partial charge on any atom is -0.508 e. The van der Waals surface area contributed by atoms with Gasteiger partial charge in [-0.05, 0) is 44.5 Å². The zero-order valence-electron chi connectivity index (χ0n) is 23.5. The Balaban J connectivity index is 1.86. The molecule has 3 aliphatic carbocycles. The van der Waals surface area contributed by atoms with Crippen molar-refractivity contribution in [3.05, 3.63) is 39.7 Å². The summed E-state index contributed by atoms with van der Waals surface area (Å²) in [5.41, 5.74) is 1.19. The Morgan fingerprint density at radius 3 is 2.23 bits per heavy atom. The van der Waals surface area contributed by atoms with E-state index in [4.69, 9.17) is 5.73 Å². The van der Waals surface area contributed by atoms with Crippen LogP contribution < -0.4 is 16.0 Å². The number of anilines is 1. The van der Waals surface area contributed by atoms with Crippen LogP contribution in [0, 0.1) is 11.8 Å². The van der Waals surface area contributed by atoms with Crippen molar-refractivity contribution in [3.63, 3.8) is 0 Å². The second-order valence-electron chi connectivity index (χ2n) is 11.4. The number of primary amides is 1. The lowest BCUT2D eigenvalue weighted by Crippen LogP contribution is -2.65. The summed E-state index contributed by atoms with van der Waals surface area (Å²) in [5.74, 6) is -13.5. The SMILES string of the molecule is CN(C)c1cc(CNCC(F)(F)C(F)(F)F)c(O)c2c1C[C@H]1C[C@H]3[C@H](N(C)C)C(=O)C(C(N)=O)=C(O)[C@@]3(O)C(=O)C1=C2O. The molecule has 0 aliphatic heterocycles. The average Bonchev–Trinajstić information content (AvgIpc) is 2.86. The molecule has 1 aromatic carbocycles. The van der Waals surface area contributed by atoms with Crippen molar-refractivity contribution in [1.82, 2.24) is 10.2 Å². The number of nitrogens with two attached hydrogens (primary N) is 1. The maximum absolute atomic E-state index is 13.9. The van der Waals surface area contributed by atoms with Gasteiger partial charge in [0.15, 0.2) is 11.4 Å². The predicted molar refractivity (Wildman–Crippen MR) is 141 cm³/mol. The van der Waals surface area contributed by atoms with Crippen molar-refractivity contribution in [2.45, 2.75) is 43.1 Å². The van der Waals surface area contributed by atoms with Crippen LogP contribution in [0.15, 0.2) is 23.0 Å². The smallest absolute Gasteiger partial charge is 0.454 e. The van der Waals surface area contributed by atoms with Crippen LogP contribution in [-0.4, -0.2) is 101 Å². The number of aliphatic hydroxyl groups is 3. The highest BCUT2D eigenvalue weighted by atomic mass is 19.4. The second kappa shape index (κ2) is 10.4. The first-order chi connectivity index (χ1) is 19.7. The molecule has 0 spiro atoms. The van der Waals surface area contributed by atoms with Crippen LogP contribution in [0.25, 0.3) is 5.76 Å². The summed E-state index contributed by atoms with van der Waals surface area (Å²) in [5, 5.41) is 47.0. The number of carbonyl (C=O) groups is 3. The summed E-state index contributed by atoms with van der Waals surface area (Å²) >= 11 is 0. The van der Waals surface area contributed by atoms with Crippen LogP contribution in [0.2, 0.25) is 0 Å². The van der Waals surface area contributed by atoms with E-state index in [1.165, 1.54) is 25.1 Å². The normalized spacial score (nSPS) is 26.0. The van der Waals surface area contributed by atoms with Crippen LogP contribution >= 0.6 is 0 Å². The lowest BCUT2D eigenvalue weighted by atomic mass is 9.57. The number of carbonyl (C=O) groups excluding carboxylic acids is 3. The van der Waals surface area contributed by atoms with Gasteiger partial charge in [0.2, 0.25) is 5.78 Å². The zero-order chi connectivity index (χ0) is 32.6. The van der Waals surface area contributed by atoms with E-state index in [-0.39, 0.29) is 24.0 Å². The number of nitrogens with zero attached hydrogens (tertiary/aromatic N) is 2. The molecule has 0 radical (unpaired) electrons. The standard InChI is InChI=1S/C27H31F5N4O7/c1-35(2)14-7-11(8-34-9-25(28,29)27(30,31)32)19(37)16-12(14)5-10-6-13-18(36(3)4)21(39)17(24(33)42)23(41)26(13,43)22(40)15(10)20(16)38/h7,10,13,18,34,37-38,41,43H,5-6,8-9H2,1-4H3,(H2,33,42)/t10-,13-,18-,26-/m0/s1. The Morgan fingerprint density at radius 2 is 1.72 bits per heavy atom. The highest BCUT2D eigenvalue weighted by Gasteiger charge is 2.64. The predicted octanol–water partition coefficient (Wildman–Crippen LogP) is 1.32. The summed E-state index contributed by atoms with van der Waals surface area (Å²) < 4.78 is 64.7. The number of nitrogens with one attached hydrogen (secondary N) is 1. The van der Waals surface area contributed by atoms with Gasteiger partial charge in [-0.2, -0.15) is 22.0 Å². The topological polar surface area (TPSA) is 177 Å². The monoisotopic (exact) mass is 618 g/mol. The maximum Gasteiger partial charge on any atom is 0.454 e. The Hall–Kier alpha value is -3.76. The van der Waals surface area contributed by atoms with Crippen molar-refractivity contribution in [3.8, 4) is 5.75 Å². The van der Waals surface area contributed by atoms with Gasteiger partial charge in [-0.3, -0.25) is 19.3 Å². The minimum absolute atomic E-state index is 0.0323. The number of aromatic hydroxyl groups is 1. The summed E-state index contributed by atoms with van der Waals surface area (Å²) in [6, 6.07) is 0.0783. The quantitative estimate of drug-likeness (QED) is 0.193. The van der Waals surface area contributed by atoms with Gasteiger partial charge in [0.25, 0.3) is 5.91 Å². The van der Waals surface area contributed by atoms with E-state index in [9.17, 15) is 56.8 Å². The molecule has 1 amide bonds. The third-order valence-electron chi connectivity index (χ3n) is 8.34. The van der Waals surface area contributed by atoms with Gasteiger partial charge in [0.05, 0.1) is 18.2 Å². The number of ketones is 2. The number of phenolic OH excluding ortho intramolecular Hbond substituents is 1. The van der Waals surface area contributed by atoms with E-state index in [0.29, 0.717) is 11.3 Å². The molecule has 11 nitrogen and oxygen atoms in total. The van der Waals surface area contributed by atoms with Crippen LogP contribution in [0.4, 0.5) is 27.6 Å². The number of aliphatic hydroxyl groups excluding tert-OH is 2. The molecule has 4 rings (SSSR count). The van der Waals surface area contributed by atoms with Crippen molar-refractivity contribution < 1.29 is 56.8 Å². The third-order valence-corrected chi connectivity index (χ3v) is 8.34. The van der Waals surface area contributed by atoms with Gasteiger partial charge in [-0.1, -0.05) is 0 Å². The van der Waals surface area contributed by atoms with E-state index < -0.39 is 94.6 Å². The molecule has 7 N–H and O–H groups in total. The fourth-order valence-electron chi connectivity index (χ4n) is 6.33. The highest BCUT2D eigenvalue weighted by Crippen LogP contribution is 2.54. The lowest BCUT2D eigenvalue weighted by molar-refractivity contribution is -0.279. The summed E-state index contributed by atoms with van der Waals surface area (Å²) in [7, 11) is 6.10. The minimum atomic E-state index is -5.81. The van der Waals surface area contributed by atoms with Gasteiger partial charge in [0.1, 0.15) is 22.8 Å². The molecule has 236 valence electrons. The number of fused-ring (bicyclic) bond motifs is 3. The maximum atomic E-state index is 13.9. The summed E-state index contributed by atoms with van der Waals surface area (Å²) in [6.07, 6.45) is -5.99. The summed E-state index contributed by atoms with van der Waals surface area (Å²) in [4.78, 5) is 42.1. The molecule has 1 aromatic rings. The lowest BCUT2D eigenvalue weighted by Gasteiger charge is -2.50.